The maximum atomic E-state index is 12.8. The van der Waals surface area contributed by atoms with E-state index in [1.54, 1.807) is 0 Å². The van der Waals surface area contributed by atoms with Gasteiger partial charge >= 0.3 is 6.01 Å². The molecule has 8 nitrogen and oxygen atoms in total. The molecule has 0 bridgehead atoms. The summed E-state index contributed by atoms with van der Waals surface area (Å²) in [5.74, 6) is 1.31. The second-order valence-electron chi connectivity index (χ2n) is 9.27. The Labute approximate surface area is 174 Å². The lowest BCUT2D eigenvalue weighted by Crippen LogP contribution is -2.45. The molecule has 8 heteroatoms. The summed E-state index contributed by atoms with van der Waals surface area (Å²) >= 11 is 0. The van der Waals surface area contributed by atoms with E-state index in [2.05, 4.69) is 43.9 Å². The van der Waals surface area contributed by atoms with Crippen molar-refractivity contribution in [2.45, 2.75) is 56.9 Å². The molecule has 156 valence electrons. The summed E-state index contributed by atoms with van der Waals surface area (Å²) in [6.45, 7) is 3.60. The van der Waals surface area contributed by atoms with Crippen molar-refractivity contribution >= 4 is 22.8 Å². The molecule has 1 amide bonds. The number of hydrogen-bond acceptors (Lipinski definition) is 6. The summed E-state index contributed by atoms with van der Waals surface area (Å²) in [5.41, 5.74) is 2.89. The minimum Gasteiger partial charge on any atom is -0.408 e. The number of piperidine rings is 1. The van der Waals surface area contributed by atoms with Gasteiger partial charge in [-0.1, -0.05) is 23.3 Å². The van der Waals surface area contributed by atoms with Crippen LogP contribution in [0.15, 0.2) is 28.8 Å². The summed E-state index contributed by atoms with van der Waals surface area (Å²) in [5, 5.41) is 19.9. The van der Waals surface area contributed by atoms with Crippen LogP contribution in [0.3, 0.4) is 0 Å². The van der Waals surface area contributed by atoms with Gasteiger partial charge in [-0.3, -0.25) is 9.89 Å². The highest BCUT2D eigenvalue weighted by atomic mass is 16.4. The van der Waals surface area contributed by atoms with Gasteiger partial charge in [0.25, 0.3) is 0 Å². The molecule has 2 aliphatic carbocycles. The van der Waals surface area contributed by atoms with Crippen LogP contribution in [0.25, 0.3) is 10.9 Å². The number of aromatic nitrogens is 4. The zero-order valence-corrected chi connectivity index (χ0v) is 17.1. The molecule has 2 saturated carbocycles. The van der Waals surface area contributed by atoms with E-state index in [1.807, 2.05) is 18.0 Å². The lowest BCUT2D eigenvalue weighted by atomic mass is 9.93. The lowest BCUT2D eigenvalue weighted by Gasteiger charge is -2.33. The molecule has 2 N–H and O–H groups in total. The Hall–Kier alpha value is -2.90. The highest BCUT2D eigenvalue weighted by Crippen LogP contribution is 2.55. The molecule has 0 unspecified atom stereocenters. The van der Waals surface area contributed by atoms with Gasteiger partial charge in [-0.05, 0) is 55.9 Å². The molecule has 3 heterocycles. The minimum atomic E-state index is -0.375. The quantitative estimate of drug-likeness (QED) is 0.673. The maximum Gasteiger partial charge on any atom is 0.316 e. The van der Waals surface area contributed by atoms with E-state index in [-0.39, 0.29) is 17.9 Å². The molecule has 6 rings (SSSR count). The first-order chi connectivity index (χ1) is 14.6. The van der Waals surface area contributed by atoms with Crippen LogP contribution in [-0.2, 0) is 4.79 Å². The third-order valence-corrected chi connectivity index (χ3v) is 7.26. The van der Waals surface area contributed by atoms with Crippen molar-refractivity contribution in [1.82, 2.24) is 25.3 Å². The van der Waals surface area contributed by atoms with Gasteiger partial charge in [-0.2, -0.15) is 5.10 Å². The van der Waals surface area contributed by atoms with E-state index in [0.29, 0.717) is 23.2 Å². The number of nitrogens with zero attached hydrogens (tertiary/aromatic N) is 4. The highest BCUT2D eigenvalue weighted by Gasteiger charge is 2.46. The van der Waals surface area contributed by atoms with Gasteiger partial charge in [0, 0.05) is 24.4 Å². The third kappa shape index (κ3) is 3.05. The first kappa shape index (κ1) is 17.9. The Morgan fingerprint density at radius 1 is 1.23 bits per heavy atom. The van der Waals surface area contributed by atoms with Crippen molar-refractivity contribution < 1.29 is 9.21 Å². The fraction of sp³-hybridized carbons (Fsp3) is 0.545. The molecule has 2 aromatic heterocycles. The fourth-order valence-corrected chi connectivity index (χ4v) is 4.95. The number of H-pyrrole nitrogens is 1. The van der Waals surface area contributed by atoms with E-state index in [0.717, 1.165) is 43.3 Å². The SMILES string of the molecule is C[C@@H](Nc1nnc([C@H]2C[C@H]2c2cccc3cn[nH]c23)o1)C(=O)N1CCC2(CC1)CC2. The average Bonchev–Trinajstić information content (AvgIpc) is 3.60. The standard InChI is InChI=1S/C22H26N6O2/c1-13(20(29)28-9-7-22(5-6-22)8-10-28)24-21-27-26-19(30-21)17-11-16(17)15-4-2-3-14-12-23-25-18(14)15/h2-4,12-13,16-17H,5-11H2,1H3,(H,23,25)(H,24,27)/t13-,16+,17+/m1/s1. The summed E-state index contributed by atoms with van der Waals surface area (Å²) in [6, 6.07) is 6.19. The Bertz CT molecular complexity index is 1090. The normalized spacial score (nSPS) is 25.4. The van der Waals surface area contributed by atoms with Crippen molar-refractivity contribution in [2.75, 3.05) is 18.4 Å². The number of benzene rings is 1. The zero-order chi connectivity index (χ0) is 20.3. The van der Waals surface area contributed by atoms with E-state index < -0.39 is 0 Å². The van der Waals surface area contributed by atoms with Crippen molar-refractivity contribution in [3.05, 3.63) is 35.9 Å². The lowest BCUT2D eigenvalue weighted by molar-refractivity contribution is -0.133. The number of amides is 1. The summed E-state index contributed by atoms with van der Waals surface area (Å²) < 4.78 is 5.87. The second-order valence-corrected chi connectivity index (χ2v) is 9.27. The fourth-order valence-electron chi connectivity index (χ4n) is 4.95. The molecular weight excluding hydrogens is 380 g/mol. The summed E-state index contributed by atoms with van der Waals surface area (Å²) in [7, 11) is 0. The molecular formula is C22H26N6O2. The molecule has 1 spiro atoms. The molecule has 0 radical (unpaired) electrons. The van der Waals surface area contributed by atoms with Crippen molar-refractivity contribution in [1.29, 1.82) is 0 Å². The van der Waals surface area contributed by atoms with E-state index in [4.69, 9.17) is 4.42 Å². The number of carbonyl (C=O) groups is 1. The molecule has 1 saturated heterocycles. The molecule has 3 aromatic rings. The first-order valence-electron chi connectivity index (χ1n) is 10.9. The van der Waals surface area contributed by atoms with Gasteiger partial charge in [0.1, 0.15) is 6.04 Å². The van der Waals surface area contributed by atoms with Crippen LogP contribution in [-0.4, -0.2) is 50.3 Å². The predicted molar refractivity (Wildman–Crippen MR) is 111 cm³/mol. The largest absolute Gasteiger partial charge is 0.408 e. The zero-order valence-electron chi connectivity index (χ0n) is 17.1. The number of para-hydroxylation sites is 1. The van der Waals surface area contributed by atoms with Gasteiger partial charge in [0.05, 0.1) is 11.7 Å². The first-order valence-corrected chi connectivity index (χ1v) is 10.9. The van der Waals surface area contributed by atoms with Crippen LogP contribution in [0.1, 0.15) is 62.3 Å². The van der Waals surface area contributed by atoms with Crippen LogP contribution in [0, 0.1) is 5.41 Å². The number of fused-ring (bicyclic) bond motifs is 1. The minimum absolute atomic E-state index is 0.112. The Balaban J connectivity index is 1.09. The van der Waals surface area contributed by atoms with E-state index >= 15 is 0 Å². The number of aromatic amines is 1. The van der Waals surface area contributed by atoms with Crippen molar-refractivity contribution in [3.8, 4) is 0 Å². The number of rotatable bonds is 5. The van der Waals surface area contributed by atoms with Crippen molar-refractivity contribution in [2.24, 2.45) is 5.41 Å². The average molecular weight is 406 g/mol. The Kier molecular flexibility index (Phi) is 3.91. The number of hydrogen-bond donors (Lipinski definition) is 2. The highest BCUT2D eigenvalue weighted by molar-refractivity contribution is 5.84. The van der Waals surface area contributed by atoms with Gasteiger partial charge in [-0.15, -0.1) is 5.10 Å². The second kappa shape index (κ2) is 6.55. The summed E-state index contributed by atoms with van der Waals surface area (Å²) in [6.07, 6.45) is 7.78. The van der Waals surface area contributed by atoms with Gasteiger partial charge in [-0.25, -0.2) is 0 Å². The smallest absolute Gasteiger partial charge is 0.316 e. The number of nitrogens with one attached hydrogen (secondary N) is 2. The molecule has 1 aromatic carbocycles. The van der Waals surface area contributed by atoms with Crippen LogP contribution in [0.2, 0.25) is 0 Å². The van der Waals surface area contributed by atoms with Gasteiger partial charge in [0.2, 0.25) is 11.8 Å². The van der Waals surface area contributed by atoms with Crippen LogP contribution < -0.4 is 5.32 Å². The van der Waals surface area contributed by atoms with Crippen LogP contribution >= 0.6 is 0 Å². The maximum absolute atomic E-state index is 12.8. The van der Waals surface area contributed by atoms with Gasteiger partial charge < -0.3 is 14.6 Å². The number of likely N-dealkylation sites (tertiary alicyclic amines) is 1. The predicted octanol–water partition coefficient (Wildman–Crippen LogP) is 3.42. The summed E-state index contributed by atoms with van der Waals surface area (Å²) in [4.78, 5) is 14.8. The topological polar surface area (TPSA) is 99.9 Å². The number of carbonyl (C=O) groups excluding carboxylic acids is 1. The molecule has 3 fully saturated rings. The van der Waals surface area contributed by atoms with Crippen molar-refractivity contribution in [3.63, 3.8) is 0 Å². The van der Waals surface area contributed by atoms with Crippen LogP contribution in [0.5, 0.6) is 0 Å². The molecule has 1 aliphatic heterocycles. The molecule has 3 aliphatic rings. The Morgan fingerprint density at radius 2 is 2.07 bits per heavy atom. The molecule has 30 heavy (non-hydrogen) atoms. The van der Waals surface area contributed by atoms with Crippen LogP contribution in [0.4, 0.5) is 6.01 Å². The van der Waals surface area contributed by atoms with E-state index in [9.17, 15) is 4.79 Å². The molecule has 3 atom stereocenters. The van der Waals surface area contributed by atoms with E-state index in [1.165, 1.54) is 18.4 Å². The number of anilines is 1. The monoisotopic (exact) mass is 406 g/mol. The third-order valence-electron chi connectivity index (χ3n) is 7.26. The van der Waals surface area contributed by atoms with Gasteiger partial charge in [0.15, 0.2) is 0 Å². The Morgan fingerprint density at radius 3 is 2.87 bits per heavy atom.